The third kappa shape index (κ3) is 6.54. The summed E-state index contributed by atoms with van der Waals surface area (Å²) in [5.41, 5.74) is 1.94. The summed E-state index contributed by atoms with van der Waals surface area (Å²) >= 11 is 6.26. The van der Waals surface area contributed by atoms with E-state index in [1.807, 2.05) is 0 Å². The Balaban J connectivity index is 0.00000400. The van der Waals surface area contributed by atoms with Crippen LogP contribution in [0.1, 0.15) is 50.5 Å². The van der Waals surface area contributed by atoms with Crippen LogP contribution in [0.25, 0.3) is 0 Å². The predicted molar refractivity (Wildman–Crippen MR) is 136 cm³/mol. The van der Waals surface area contributed by atoms with Crippen LogP contribution in [0.5, 0.6) is 5.75 Å². The fraction of sp³-hybridized carbons (Fsp3) is 0.185. The second-order valence-corrected chi connectivity index (χ2v) is 9.10. The van der Waals surface area contributed by atoms with E-state index in [9.17, 15) is 24.3 Å². The molecule has 0 unspecified atom stereocenters. The van der Waals surface area contributed by atoms with Crippen molar-refractivity contribution in [2.24, 2.45) is 5.92 Å². The van der Waals surface area contributed by atoms with Gasteiger partial charge in [-0.2, -0.15) is 0 Å². The van der Waals surface area contributed by atoms with Gasteiger partial charge in [0.2, 0.25) is 5.91 Å². The normalized spacial score (nSPS) is 12.2. The number of rotatable bonds is 7. The van der Waals surface area contributed by atoms with Gasteiger partial charge in [0.05, 0.1) is 22.1 Å². The van der Waals surface area contributed by atoms with Gasteiger partial charge in [-0.05, 0) is 53.6 Å². The van der Waals surface area contributed by atoms with Gasteiger partial charge in [0.25, 0.3) is 11.8 Å². The number of nitrogens with zero attached hydrogens (tertiary/aromatic N) is 1. The second kappa shape index (κ2) is 12.4. The molecule has 3 amide bonds. The molecule has 4 rings (SSSR count). The first-order chi connectivity index (χ1) is 17.6. The average Bonchev–Trinajstić information content (AvgIpc) is 2.88. The number of carbonyl (C=O) groups is 4. The number of carboxylic acid groups (broad SMARTS) is 1. The van der Waals surface area contributed by atoms with Crippen LogP contribution in [-0.4, -0.2) is 30.4 Å². The summed E-state index contributed by atoms with van der Waals surface area (Å²) < 4.78 is 5.69. The number of fused-ring (bicyclic) bond motifs is 1. The zero-order valence-electron chi connectivity index (χ0n) is 21.0. The SMILES string of the molecule is CC(C)C(=O)NCc1ccc(Cl)c(C(=O)Nc2ccc3c(c2)C(=O)N(c2ccc(C(=O)[O-])cc2)CO3)c1.[Na+]. The van der Waals surface area contributed by atoms with Gasteiger partial charge in [-0.25, -0.2) is 0 Å². The molecule has 1 aliphatic heterocycles. The first-order valence-electron chi connectivity index (χ1n) is 11.4. The summed E-state index contributed by atoms with van der Waals surface area (Å²) in [7, 11) is 0. The number of anilines is 2. The molecule has 9 nitrogen and oxygen atoms in total. The van der Waals surface area contributed by atoms with Crippen LogP contribution in [0, 0.1) is 5.92 Å². The van der Waals surface area contributed by atoms with Crippen molar-refractivity contribution >= 4 is 46.7 Å². The number of carboxylic acids is 1. The first-order valence-corrected chi connectivity index (χ1v) is 11.8. The van der Waals surface area contributed by atoms with Crippen molar-refractivity contribution in [1.29, 1.82) is 0 Å². The molecular weight excluding hydrogens is 521 g/mol. The van der Waals surface area contributed by atoms with E-state index < -0.39 is 11.9 Å². The largest absolute Gasteiger partial charge is 1.00 e. The maximum Gasteiger partial charge on any atom is 1.00 e. The third-order valence-corrected chi connectivity index (χ3v) is 6.07. The third-order valence-electron chi connectivity index (χ3n) is 5.74. The van der Waals surface area contributed by atoms with Crippen LogP contribution in [0.4, 0.5) is 11.4 Å². The quantitative estimate of drug-likeness (QED) is 0.411. The minimum absolute atomic E-state index is 0. The van der Waals surface area contributed by atoms with Crippen LogP contribution >= 0.6 is 11.6 Å². The van der Waals surface area contributed by atoms with Gasteiger partial charge >= 0.3 is 29.6 Å². The fourth-order valence-corrected chi connectivity index (χ4v) is 3.86. The summed E-state index contributed by atoms with van der Waals surface area (Å²) in [6.45, 7) is 3.77. The Morgan fingerprint density at radius 1 is 1.05 bits per heavy atom. The van der Waals surface area contributed by atoms with Gasteiger partial charge in [-0.3, -0.25) is 19.3 Å². The van der Waals surface area contributed by atoms with Gasteiger partial charge in [-0.1, -0.05) is 43.6 Å². The fourth-order valence-electron chi connectivity index (χ4n) is 3.66. The van der Waals surface area contributed by atoms with Crippen molar-refractivity contribution in [1.82, 2.24) is 5.32 Å². The van der Waals surface area contributed by atoms with Crippen molar-refractivity contribution in [2.75, 3.05) is 16.9 Å². The van der Waals surface area contributed by atoms with E-state index in [-0.39, 0.29) is 82.3 Å². The molecule has 0 spiro atoms. The Morgan fingerprint density at radius 3 is 2.42 bits per heavy atom. The van der Waals surface area contributed by atoms with Gasteiger partial charge in [0.15, 0.2) is 6.73 Å². The van der Waals surface area contributed by atoms with Gasteiger partial charge in [-0.15, -0.1) is 0 Å². The molecule has 11 heteroatoms. The second-order valence-electron chi connectivity index (χ2n) is 8.69. The number of hydrogen-bond donors (Lipinski definition) is 2. The number of hydrogen-bond acceptors (Lipinski definition) is 6. The standard InChI is InChI=1S/C27H24ClN3O6.Na/c1-15(2)24(32)29-13-16-3-9-22(28)20(11-16)25(33)30-18-6-10-23-21(12-18)26(34)31(14-37-23)19-7-4-17(5-8-19)27(35)36;/h3-12,15H,13-14H2,1-2H3,(H,29,32)(H,30,33)(H,35,36);/q;+1/p-1. The van der Waals surface area contributed by atoms with Crippen LogP contribution < -0.4 is 54.9 Å². The molecule has 0 atom stereocenters. The number of halogens is 1. The molecular formula is C27H23ClN3NaO6. The molecule has 0 bridgehead atoms. The maximum atomic E-state index is 13.2. The summed E-state index contributed by atoms with van der Waals surface area (Å²) in [5, 5.41) is 16.8. The Kier molecular flexibility index (Phi) is 9.56. The van der Waals surface area contributed by atoms with E-state index in [4.69, 9.17) is 16.3 Å². The molecule has 1 aliphatic rings. The van der Waals surface area contributed by atoms with Crippen molar-refractivity contribution in [3.05, 3.63) is 87.9 Å². The number of amides is 3. The van der Waals surface area contributed by atoms with E-state index in [1.54, 1.807) is 44.2 Å². The number of benzene rings is 3. The number of ether oxygens (including phenoxy) is 1. The van der Waals surface area contributed by atoms with Gasteiger partial charge < -0.3 is 25.3 Å². The molecule has 0 fully saturated rings. The molecule has 0 aromatic heterocycles. The van der Waals surface area contributed by atoms with Crippen LogP contribution in [0.3, 0.4) is 0 Å². The minimum Gasteiger partial charge on any atom is -0.545 e. The molecule has 0 radical (unpaired) electrons. The van der Waals surface area contributed by atoms with Crippen molar-refractivity contribution < 1.29 is 58.6 Å². The Hall–Kier alpha value is -3.37. The first kappa shape index (κ1) is 29.2. The van der Waals surface area contributed by atoms with E-state index in [0.717, 1.165) is 0 Å². The number of carbonyl (C=O) groups excluding carboxylic acids is 4. The van der Waals surface area contributed by atoms with Crippen molar-refractivity contribution in [2.45, 2.75) is 20.4 Å². The van der Waals surface area contributed by atoms with E-state index in [1.165, 1.54) is 35.2 Å². The van der Waals surface area contributed by atoms with Crippen molar-refractivity contribution in [3.8, 4) is 5.75 Å². The molecule has 38 heavy (non-hydrogen) atoms. The molecule has 0 saturated carbocycles. The van der Waals surface area contributed by atoms with Gasteiger partial charge in [0.1, 0.15) is 5.75 Å². The van der Waals surface area contributed by atoms with E-state index >= 15 is 0 Å². The summed E-state index contributed by atoms with van der Waals surface area (Å²) in [6.07, 6.45) is 0. The Bertz CT molecular complexity index is 1390. The molecule has 3 aromatic rings. The zero-order chi connectivity index (χ0) is 26.7. The topological polar surface area (TPSA) is 128 Å². The van der Waals surface area contributed by atoms with Crippen molar-refractivity contribution in [3.63, 3.8) is 0 Å². The minimum atomic E-state index is -1.32. The predicted octanol–water partition coefficient (Wildman–Crippen LogP) is 0.229. The Labute approximate surface area is 246 Å². The Morgan fingerprint density at radius 2 is 1.76 bits per heavy atom. The molecule has 3 aromatic carbocycles. The average molecular weight is 544 g/mol. The number of nitrogens with one attached hydrogen (secondary N) is 2. The summed E-state index contributed by atoms with van der Waals surface area (Å²) in [4.78, 5) is 50.4. The molecule has 190 valence electrons. The summed E-state index contributed by atoms with van der Waals surface area (Å²) in [6, 6.07) is 15.3. The zero-order valence-corrected chi connectivity index (χ0v) is 23.8. The van der Waals surface area contributed by atoms with Crippen LogP contribution in [-0.2, 0) is 11.3 Å². The monoisotopic (exact) mass is 543 g/mol. The van der Waals surface area contributed by atoms with Crippen LogP contribution in [0.2, 0.25) is 5.02 Å². The smallest absolute Gasteiger partial charge is 0.545 e. The maximum absolute atomic E-state index is 13.2. The molecule has 2 N–H and O–H groups in total. The molecule has 0 aliphatic carbocycles. The van der Waals surface area contributed by atoms with E-state index in [0.29, 0.717) is 22.7 Å². The molecule has 1 heterocycles. The van der Waals surface area contributed by atoms with Crippen LogP contribution in [0.15, 0.2) is 60.7 Å². The number of aromatic carboxylic acids is 1. The van der Waals surface area contributed by atoms with Gasteiger partial charge in [0, 0.05) is 23.8 Å². The summed E-state index contributed by atoms with van der Waals surface area (Å²) in [5.74, 6) is -2.09. The molecule has 0 saturated heterocycles. The van der Waals surface area contributed by atoms with E-state index in [2.05, 4.69) is 10.6 Å².